The molecule has 0 unspecified atom stereocenters. The number of alkyl halides is 5. The predicted molar refractivity (Wildman–Crippen MR) is 154 cm³/mol. The molecule has 228 valence electrons. The lowest BCUT2D eigenvalue weighted by molar-refractivity contribution is -0.117. The largest absolute Gasteiger partial charge is 0.442 e. The number of benzene rings is 3. The molecule has 3 aromatic carbocycles. The highest BCUT2D eigenvalue weighted by Crippen LogP contribution is 2.65. The normalized spacial score (nSPS) is 17.3. The van der Waals surface area contributed by atoms with Gasteiger partial charge in [-0.25, -0.2) is 13.2 Å². The van der Waals surface area contributed by atoms with Gasteiger partial charge in [0.05, 0.1) is 33.0 Å². The van der Waals surface area contributed by atoms with Crippen LogP contribution in [-0.4, -0.2) is 33.3 Å². The molecule has 6 nitrogen and oxygen atoms in total. The summed E-state index contributed by atoms with van der Waals surface area (Å²) in [6.07, 6.45) is 0. The third-order valence-corrected chi connectivity index (χ3v) is 8.38. The van der Waals surface area contributed by atoms with E-state index >= 15 is 0 Å². The van der Waals surface area contributed by atoms with Crippen molar-refractivity contribution in [3.63, 3.8) is 0 Å². The fourth-order valence-electron chi connectivity index (χ4n) is 4.05. The van der Waals surface area contributed by atoms with Gasteiger partial charge in [0.15, 0.2) is 5.82 Å². The number of hydrogen-bond donors (Lipinski definition) is 3. The van der Waals surface area contributed by atoms with Crippen molar-refractivity contribution in [3.8, 4) is 0 Å². The number of carbonyl (C=O) groups is 3. The van der Waals surface area contributed by atoms with Crippen molar-refractivity contribution in [3.05, 3.63) is 87.2 Å². The third-order valence-electron chi connectivity index (χ3n) is 6.09. The van der Waals surface area contributed by atoms with Crippen LogP contribution in [0, 0.1) is 23.4 Å². The topological polar surface area (TPSA) is 87.3 Å². The number of hydrogen-bond acceptors (Lipinski definition) is 4. The van der Waals surface area contributed by atoms with E-state index in [4.69, 9.17) is 46.4 Å². The number of thioether (sulfide) groups is 1. The summed E-state index contributed by atoms with van der Waals surface area (Å²) in [6.45, 7) is 0. The molecule has 1 saturated carbocycles. The summed E-state index contributed by atoms with van der Waals surface area (Å²) >= 11 is 23.8. The summed E-state index contributed by atoms with van der Waals surface area (Å²) in [5.74, 6) is -9.35. The number of rotatable bonds is 8. The van der Waals surface area contributed by atoms with Crippen LogP contribution in [-0.2, 0) is 9.59 Å². The van der Waals surface area contributed by atoms with Crippen molar-refractivity contribution in [2.24, 2.45) is 5.92 Å². The molecule has 0 radical (unpaired) electrons. The Bertz CT molecular complexity index is 1630. The van der Waals surface area contributed by atoms with Crippen LogP contribution in [0.2, 0.25) is 10.0 Å². The number of amides is 3. The van der Waals surface area contributed by atoms with Crippen molar-refractivity contribution >= 4 is 92.9 Å². The highest BCUT2D eigenvalue weighted by atomic mass is 35.5. The maximum atomic E-state index is 14.9. The molecule has 1 aliphatic rings. The van der Waals surface area contributed by atoms with Gasteiger partial charge in [-0.2, -0.15) is 13.2 Å². The Balaban J connectivity index is 1.48. The van der Waals surface area contributed by atoms with Crippen molar-refractivity contribution in [1.82, 2.24) is 0 Å². The van der Waals surface area contributed by atoms with E-state index in [0.29, 0.717) is 11.6 Å². The molecule has 3 N–H and O–H groups in total. The Hall–Kier alpha value is -2.84. The second-order valence-electron chi connectivity index (χ2n) is 9.01. The molecule has 0 spiro atoms. The molecule has 3 aromatic rings. The molecule has 0 aliphatic heterocycles. The minimum atomic E-state index is -4.74. The van der Waals surface area contributed by atoms with E-state index in [9.17, 15) is 40.7 Å². The van der Waals surface area contributed by atoms with Gasteiger partial charge < -0.3 is 16.0 Å². The molecule has 0 saturated heterocycles. The summed E-state index contributed by atoms with van der Waals surface area (Å²) in [7, 11) is 0. The average Bonchev–Trinajstić information content (AvgIpc) is 3.50. The molecule has 0 aromatic heterocycles. The molecular formula is C26H15Cl4F6N3O3S. The monoisotopic (exact) mass is 703 g/mol. The molecule has 43 heavy (non-hydrogen) atoms. The zero-order valence-electron chi connectivity index (χ0n) is 20.9. The van der Waals surface area contributed by atoms with E-state index in [1.165, 1.54) is 24.3 Å². The first kappa shape index (κ1) is 33.1. The number of carbonyl (C=O) groups excluding carboxylic acids is 3. The molecule has 17 heteroatoms. The molecular weight excluding hydrogens is 690 g/mol. The maximum absolute atomic E-state index is 14.9. The van der Waals surface area contributed by atoms with Gasteiger partial charge in [0.25, 0.3) is 5.91 Å². The van der Waals surface area contributed by atoms with Crippen LogP contribution in [0.15, 0.2) is 48.5 Å². The van der Waals surface area contributed by atoms with E-state index in [1.54, 1.807) is 5.32 Å². The summed E-state index contributed by atoms with van der Waals surface area (Å²) in [5, 5.41) is 6.06. The first-order valence-corrected chi connectivity index (χ1v) is 14.2. The van der Waals surface area contributed by atoms with Gasteiger partial charge in [0, 0.05) is 11.6 Å². The van der Waals surface area contributed by atoms with Crippen LogP contribution in [0.25, 0.3) is 0 Å². The van der Waals surface area contributed by atoms with Gasteiger partial charge in [-0.05, 0) is 59.8 Å². The Morgan fingerprint density at radius 2 is 1.53 bits per heavy atom. The Kier molecular flexibility index (Phi) is 9.72. The molecule has 0 heterocycles. The smallest absolute Gasteiger partial charge is 0.326 e. The average molecular weight is 705 g/mol. The lowest BCUT2D eigenvalue weighted by Crippen LogP contribution is -2.20. The molecule has 3 amide bonds. The van der Waals surface area contributed by atoms with Gasteiger partial charge in [0.1, 0.15) is 21.7 Å². The van der Waals surface area contributed by atoms with Gasteiger partial charge in [-0.3, -0.25) is 14.4 Å². The molecule has 1 fully saturated rings. The van der Waals surface area contributed by atoms with Crippen molar-refractivity contribution in [2.75, 3.05) is 21.7 Å². The highest BCUT2D eigenvalue weighted by Gasteiger charge is 2.67. The van der Waals surface area contributed by atoms with Crippen LogP contribution >= 0.6 is 58.2 Å². The van der Waals surface area contributed by atoms with Gasteiger partial charge in [0.2, 0.25) is 11.8 Å². The van der Waals surface area contributed by atoms with Crippen LogP contribution in [0.3, 0.4) is 0 Å². The summed E-state index contributed by atoms with van der Waals surface area (Å²) in [4.78, 5) is 37.7. The maximum Gasteiger partial charge on any atom is 0.442 e. The van der Waals surface area contributed by atoms with Gasteiger partial charge >= 0.3 is 5.51 Å². The first-order chi connectivity index (χ1) is 20.0. The van der Waals surface area contributed by atoms with E-state index in [0.717, 1.165) is 18.2 Å². The predicted octanol–water partition coefficient (Wildman–Crippen LogP) is 8.38. The molecule has 4 rings (SSSR count). The first-order valence-electron chi connectivity index (χ1n) is 11.7. The fourth-order valence-corrected chi connectivity index (χ4v) is 5.63. The van der Waals surface area contributed by atoms with E-state index < -0.39 is 85.7 Å². The standard InChI is InChI=1S/C26H15Cl4F6N3O3S/c27-13-3-2-11(37-24(42)20-19(25(20,29)30)10-1-4-15(31)14(28)7-10)8-12(13)23(41)38-17-6-5-16(32)22(21(17)33)39-18(40)9-43-26(34,35)36/h1-8,19-20H,9H2,(H,37,42)(H,38,41)(H,39,40)/t19-,20+/m0/s1. The van der Waals surface area contributed by atoms with Crippen molar-refractivity contribution in [1.29, 1.82) is 0 Å². The lowest BCUT2D eigenvalue weighted by atomic mass is 10.1. The summed E-state index contributed by atoms with van der Waals surface area (Å²) < 4.78 is 78.1. The minimum absolute atomic E-state index is 0.0566. The molecule has 2 atom stereocenters. The Morgan fingerprint density at radius 1 is 0.860 bits per heavy atom. The molecule has 1 aliphatic carbocycles. The fraction of sp³-hybridized carbons (Fsp3) is 0.192. The number of anilines is 3. The molecule has 0 bridgehead atoms. The number of halogens is 10. The zero-order valence-corrected chi connectivity index (χ0v) is 24.7. The Labute approximate surface area is 263 Å². The van der Waals surface area contributed by atoms with E-state index in [-0.39, 0.29) is 21.3 Å². The zero-order chi connectivity index (χ0) is 31.9. The van der Waals surface area contributed by atoms with E-state index in [2.05, 4.69) is 10.6 Å². The van der Waals surface area contributed by atoms with Gasteiger partial charge in [-0.1, -0.05) is 29.3 Å². The third kappa shape index (κ3) is 7.63. The van der Waals surface area contributed by atoms with Crippen LogP contribution in [0.4, 0.5) is 43.4 Å². The Morgan fingerprint density at radius 3 is 2.19 bits per heavy atom. The van der Waals surface area contributed by atoms with Crippen LogP contribution in [0.1, 0.15) is 21.8 Å². The van der Waals surface area contributed by atoms with Crippen LogP contribution in [0.5, 0.6) is 0 Å². The summed E-state index contributed by atoms with van der Waals surface area (Å²) in [5.41, 5.74) is -6.25. The second-order valence-corrected chi connectivity index (χ2v) is 12.3. The second kappa shape index (κ2) is 12.6. The minimum Gasteiger partial charge on any atom is -0.326 e. The quantitative estimate of drug-likeness (QED) is 0.162. The van der Waals surface area contributed by atoms with E-state index in [1.807, 2.05) is 0 Å². The van der Waals surface area contributed by atoms with Crippen molar-refractivity contribution < 1.29 is 40.7 Å². The lowest BCUT2D eigenvalue weighted by Gasteiger charge is -2.13. The van der Waals surface area contributed by atoms with Crippen LogP contribution < -0.4 is 16.0 Å². The van der Waals surface area contributed by atoms with Gasteiger partial charge in [-0.15, -0.1) is 23.2 Å². The SMILES string of the molecule is O=C(CSC(F)(F)F)Nc1c(F)ccc(NC(=O)c2cc(NC(=O)[C@H]3[C@H](c4ccc(F)c(Cl)c4)C3(Cl)Cl)ccc2Cl)c1F. The number of nitrogens with one attached hydrogen (secondary N) is 3. The summed E-state index contributed by atoms with van der Waals surface area (Å²) in [6, 6.07) is 9.01. The van der Waals surface area contributed by atoms with Crippen molar-refractivity contribution in [2.45, 2.75) is 15.8 Å². The highest BCUT2D eigenvalue weighted by molar-refractivity contribution is 8.00.